The molecule has 2 heterocycles. The lowest BCUT2D eigenvalue weighted by molar-refractivity contribution is -0.133. The normalized spacial score (nSPS) is 17.9. The minimum absolute atomic E-state index is 0.176. The SMILES string of the molecule is O=C(CC1CCCC1)N1CCN(C(=O)c2cc(-c3ccccc3Cl)on2)CC1. The Labute approximate surface area is 169 Å². The highest BCUT2D eigenvalue weighted by Gasteiger charge is 2.28. The smallest absolute Gasteiger partial charge is 0.276 e. The van der Waals surface area contributed by atoms with Gasteiger partial charge in [0.05, 0.1) is 5.02 Å². The number of benzene rings is 1. The third kappa shape index (κ3) is 4.07. The van der Waals surface area contributed by atoms with Crippen molar-refractivity contribution in [2.24, 2.45) is 5.92 Å². The molecule has 1 saturated heterocycles. The van der Waals surface area contributed by atoms with E-state index >= 15 is 0 Å². The van der Waals surface area contributed by atoms with Crippen LogP contribution in [0.1, 0.15) is 42.6 Å². The van der Waals surface area contributed by atoms with Crippen molar-refractivity contribution in [3.8, 4) is 11.3 Å². The second-order valence-electron chi connectivity index (χ2n) is 7.58. The van der Waals surface area contributed by atoms with Crippen molar-refractivity contribution in [3.63, 3.8) is 0 Å². The lowest BCUT2D eigenvalue weighted by Crippen LogP contribution is -2.50. The summed E-state index contributed by atoms with van der Waals surface area (Å²) in [4.78, 5) is 28.8. The first-order valence-corrected chi connectivity index (χ1v) is 10.3. The van der Waals surface area contributed by atoms with Gasteiger partial charge in [-0.3, -0.25) is 9.59 Å². The maximum atomic E-state index is 12.8. The predicted molar refractivity (Wildman–Crippen MR) is 106 cm³/mol. The number of carbonyl (C=O) groups excluding carboxylic acids is 2. The van der Waals surface area contributed by atoms with E-state index in [0.717, 1.165) is 0 Å². The topological polar surface area (TPSA) is 66.7 Å². The molecule has 0 radical (unpaired) electrons. The highest BCUT2D eigenvalue weighted by atomic mass is 35.5. The minimum atomic E-state index is -0.176. The van der Waals surface area contributed by atoms with Crippen LogP contribution in [0.25, 0.3) is 11.3 Å². The molecule has 1 saturated carbocycles. The molecule has 0 spiro atoms. The van der Waals surface area contributed by atoms with Crippen LogP contribution < -0.4 is 0 Å². The molecule has 148 valence electrons. The van der Waals surface area contributed by atoms with Gasteiger partial charge in [-0.1, -0.05) is 41.7 Å². The molecule has 1 aromatic heterocycles. The van der Waals surface area contributed by atoms with Gasteiger partial charge in [0.25, 0.3) is 5.91 Å². The highest BCUT2D eigenvalue weighted by molar-refractivity contribution is 6.33. The van der Waals surface area contributed by atoms with E-state index in [2.05, 4.69) is 5.16 Å². The van der Waals surface area contributed by atoms with Crippen LogP contribution in [-0.2, 0) is 4.79 Å². The van der Waals surface area contributed by atoms with Gasteiger partial charge in [-0.15, -0.1) is 0 Å². The van der Waals surface area contributed by atoms with Crippen molar-refractivity contribution in [2.75, 3.05) is 26.2 Å². The number of hydrogen-bond donors (Lipinski definition) is 0. The van der Waals surface area contributed by atoms with E-state index < -0.39 is 0 Å². The molecule has 0 atom stereocenters. The van der Waals surface area contributed by atoms with Gasteiger partial charge in [0.15, 0.2) is 11.5 Å². The molecule has 2 aromatic rings. The Morgan fingerprint density at radius 2 is 1.75 bits per heavy atom. The van der Waals surface area contributed by atoms with E-state index in [9.17, 15) is 9.59 Å². The molecule has 2 amide bonds. The molecular weight excluding hydrogens is 378 g/mol. The zero-order chi connectivity index (χ0) is 19.5. The van der Waals surface area contributed by atoms with Gasteiger partial charge >= 0.3 is 0 Å². The Kier molecular flexibility index (Phi) is 5.67. The number of nitrogens with zero attached hydrogens (tertiary/aromatic N) is 3. The standard InChI is InChI=1S/C21H24ClN3O3/c22-17-8-4-3-7-16(17)19-14-18(23-28-19)21(27)25-11-9-24(10-12-25)20(26)13-15-5-1-2-6-15/h3-4,7-8,14-15H,1-2,5-6,9-13H2. The average Bonchev–Trinajstić information content (AvgIpc) is 3.40. The molecule has 1 aromatic carbocycles. The predicted octanol–water partition coefficient (Wildman–Crippen LogP) is 3.86. The summed E-state index contributed by atoms with van der Waals surface area (Å²) in [6.45, 7) is 2.19. The summed E-state index contributed by atoms with van der Waals surface area (Å²) < 4.78 is 5.33. The number of amides is 2. The number of carbonyl (C=O) groups is 2. The molecule has 2 fully saturated rings. The number of aromatic nitrogens is 1. The summed E-state index contributed by atoms with van der Waals surface area (Å²) in [7, 11) is 0. The lowest BCUT2D eigenvalue weighted by Gasteiger charge is -2.34. The van der Waals surface area contributed by atoms with Crippen molar-refractivity contribution in [1.29, 1.82) is 0 Å². The maximum absolute atomic E-state index is 12.8. The summed E-state index contributed by atoms with van der Waals surface area (Å²) in [6, 6.07) is 8.91. The molecular formula is C21H24ClN3O3. The maximum Gasteiger partial charge on any atom is 0.276 e. The molecule has 1 aliphatic carbocycles. The third-order valence-electron chi connectivity index (χ3n) is 5.73. The Hall–Kier alpha value is -2.34. The molecule has 1 aliphatic heterocycles. The van der Waals surface area contributed by atoms with E-state index in [0.29, 0.717) is 54.9 Å². The van der Waals surface area contributed by atoms with Crippen LogP contribution in [0.5, 0.6) is 0 Å². The first kappa shape index (κ1) is 19.0. The largest absolute Gasteiger partial charge is 0.355 e. The summed E-state index contributed by atoms with van der Waals surface area (Å²) in [6.07, 6.45) is 5.48. The quantitative estimate of drug-likeness (QED) is 0.780. The van der Waals surface area contributed by atoms with Crippen LogP contribution in [0.3, 0.4) is 0 Å². The fourth-order valence-corrected chi connectivity index (χ4v) is 4.30. The fourth-order valence-electron chi connectivity index (χ4n) is 4.08. The Bertz CT molecular complexity index is 852. The number of piperazine rings is 1. The molecule has 28 heavy (non-hydrogen) atoms. The Morgan fingerprint density at radius 1 is 1.07 bits per heavy atom. The first-order valence-electron chi connectivity index (χ1n) is 9.90. The highest BCUT2D eigenvalue weighted by Crippen LogP contribution is 2.29. The molecule has 0 unspecified atom stereocenters. The van der Waals surface area contributed by atoms with Crippen LogP contribution in [0.15, 0.2) is 34.9 Å². The van der Waals surface area contributed by atoms with E-state index in [1.807, 2.05) is 23.1 Å². The van der Waals surface area contributed by atoms with Crippen molar-refractivity contribution < 1.29 is 14.1 Å². The molecule has 6 nitrogen and oxygen atoms in total. The monoisotopic (exact) mass is 401 g/mol. The zero-order valence-corrected chi connectivity index (χ0v) is 16.5. The molecule has 0 N–H and O–H groups in total. The van der Waals surface area contributed by atoms with Gasteiger partial charge in [-0.05, 0) is 30.9 Å². The number of halogens is 1. The Balaban J connectivity index is 1.34. The average molecular weight is 402 g/mol. The summed E-state index contributed by atoms with van der Waals surface area (Å²) in [5.74, 6) is 1.07. The van der Waals surface area contributed by atoms with Gasteiger partial charge in [0.2, 0.25) is 5.91 Å². The zero-order valence-electron chi connectivity index (χ0n) is 15.8. The third-order valence-corrected chi connectivity index (χ3v) is 6.06. The molecule has 7 heteroatoms. The second kappa shape index (κ2) is 8.35. The molecule has 4 rings (SSSR count). The molecule has 2 aliphatic rings. The van der Waals surface area contributed by atoms with E-state index in [1.165, 1.54) is 25.7 Å². The summed E-state index contributed by atoms with van der Waals surface area (Å²) >= 11 is 6.18. The van der Waals surface area contributed by atoms with Crippen LogP contribution in [0.4, 0.5) is 0 Å². The van der Waals surface area contributed by atoms with Gasteiger partial charge < -0.3 is 14.3 Å². The van der Waals surface area contributed by atoms with Crippen LogP contribution in [-0.4, -0.2) is 52.9 Å². The Morgan fingerprint density at radius 3 is 2.46 bits per heavy atom. The van der Waals surface area contributed by atoms with Crippen molar-refractivity contribution in [1.82, 2.24) is 15.0 Å². The van der Waals surface area contributed by atoms with Gasteiger partial charge in [0, 0.05) is 44.2 Å². The van der Waals surface area contributed by atoms with Crippen LogP contribution in [0, 0.1) is 5.92 Å². The number of hydrogen-bond acceptors (Lipinski definition) is 4. The van der Waals surface area contributed by atoms with Crippen LogP contribution in [0.2, 0.25) is 5.02 Å². The van der Waals surface area contributed by atoms with E-state index in [1.54, 1.807) is 17.0 Å². The van der Waals surface area contributed by atoms with Crippen molar-refractivity contribution in [3.05, 3.63) is 41.0 Å². The lowest BCUT2D eigenvalue weighted by atomic mass is 10.0. The first-order chi connectivity index (χ1) is 13.6. The number of rotatable bonds is 4. The van der Waals surface area contributed by atoms with E-state index in [-0.39, 0.29) is 17.5 Å². The van der Waals surface area contributed by atoms with E-state index in [4.69, 9.17) is 16.1 Å². The van der Waals surface area contributed by atoms with Crippen LogP contribution >= 0.6 is 11.6 Å². The van der Waals surface area contributed by atoms with Crippen molar-refractivity contribution >= 4 is 23.4 Å². The van der Waals surface area contributed by atoms with Gasteiger partial charge in [0.1, 0.15) is 0 Å². The summed E-state index contributed by atoms with van der Waals surface area (Å²) in [5, 5.41) is 4.47. The molecule has 0 bridgehead atoms. The van der Waals surface area contributed by atoms with Gasteiger partial charge in [-0.2, -0.15) is 0 Å². The minimum Gasteiger partial charge on any atom is -0.355 e. The second-order valence-corrected chi connectivity index (χ2v) is 7.99. The van der Waals surface area contributed by atoms with Crippen molar-refractivity contribution in [2.45, 2.75) is 32.1 Å². The van der Waals surface area contributed by atoms with Gasteiger partial charge in [-0.25, -0.2) is 0 Å². The summed E-state index contributed by atoms with van der Waals surface area (Å²) in [5.41, 5.74) is 0.971. The fraction of sp³-hybridized carbons (Fsp3) is 0.476.